The fourth-order valence-electron chi connectivity index (χ4n) is 0.974. The molecule has 0 spiro atoms. The maximum Gasteiger partial charge on any atom is 0.337 e. The van der Waals surface area contributed by atoms with E-state index in [1.165, 1.54) is 0 Å². The van der Waals surface area contributed by atoms with E-state index in [1.54, 1.807) is 6.92 Å². The van der Waals surface area contributed by atoms with Crippen LogP contribution >= 0.6 is 11.6 Å². The fraction of sp³-hybridized carbons (Fsp3) is 0.222. The summed E-state index contributed by atoms with van der Waals surface area (Å²) in [6.45, 7) is 1.88. The van der Waals surface area contributed by atoms with Crippen LogP contribution in [0.15, 0.2) is 12.1 Å². The second-order valence-electron chi connectivity index (χ2n) is 2.48. The minimum absolute atomic E-state index is 0.170. The second-order valence-corrected chi connectivity index (χ2v) is 2.85. The number of halogens is 2. The van der Waals surface area contributed by atoms with Crippen LogP contribution in [0.3, 0.4) is 0 Å². The molecular weight excluding hydrogens is 211 g/mol. The lowest BCUT2D eigenvalue weighted by Crippen LogP contribution is -2.02. The minimum atomic E-state index is -1.21. The number of ether oxygens (including phenoxy) is 1. The molecule has 0 fully saturated rings. The van der Waals surface area contributed by atoms with Crippen molar-refractivity contribution >= 4 is 17.6 Å². The lowest BCUT2D eigenvalue weighted by Gasteiger charge is -2.08. The predicted molar refractivity (Wildman–Crippen MR) is 49.5 cm³/mol. The summed E-state index contributed by atoms with van der Waals surface area (Å²) in [5.41, 5.74) is -0.170. The van der Waals surface area contributed by atoms with Crippen molar-refractivity contribution < 1.29 is 19.0 Å². The smallest absolute Gasteiger partial charge is 0.337 e. The van der Waals surface area contributed by atoms with Crippen LogP contribution in [-0.4, -0.2) is 17.7 Å². The van der Waals surface area contributed by atoms with Crippen LogP contribution < -0.4 is 4.74 Å². The standard InChI is InChI=1S/C9H8ClFO3/c1-2-14-8-6(11)4-3-5(7(8)10)9(12)13/h3-4H,2H2,1H3,(H,12,13). The number of carboxylic acid groups (broad SMARTS) is 1. The maximum absolute atomic E-state index is 13.1. The molecule has 0 saturated carbocycles. The lowest BCUT2D eigenvalue weighted by molar-refractivity contribution is 0.0696. The van der Waals surface area contributed by atoms with Crippen LogP contribution in [0, 0.1) is 5.82 Å². The molecule has 0 aromatic heterocycles. The van der Waals surface area contributed by atoms with Crippen molar-refractivity contribution in [2.75, 3.05) is 6.61 Å². The maximum atomic E-state index is 13.1. The summed E-state index contributed by atoms with van der Waals surface area (Å²) in [6.07, 6.45) is 0. The Morgan fingerprint density at radius 2 is 2.29 bits per heavy atom. The monoisotopic (exact) mass is 218 g/mol. The Kier molecular flexibility index (Phi) is 3.30. The first kappa shape index (κ1) is 10.8. The quantitative estimate of drug-likeness (QED) is 0.848. The van der Waals surface area contributed by atoms with Gasteiger partial charge in [0.2, 0.25) is 0 Å². The van der Waals surface area contributed by atoms with Gasteiger partial charge in [-0.05, 0) is 19.1 Å². The topological polar surface area (TPSA) is 46.5 Å². The van der Waals surface area contributed by atoms with Gasteiger partial charge in [0, 0.05) is 0 Å². The van der Waals surface area contributed by atoms with Crippen molar-refractivity contribution in [2.24, 2.45) is 0 Å². The third-order valence-corrected chi connectivity index (χ3v) is 1.94. The van der Waals surface area contributed by atoms with E-state index in [0.717, 1.165) is 12.1 Å². The number of benzene rings is 1. The van der Waals surface area contributed by atoms with Crippen molar-refractivity contribution in [3.8, 4) is 5.75 Å². The van der Waals surface area contributed by atoms with Gasteiger partial charge in [-0.1, -0.05) is 11.6 Å². The molecule has 1 aromatic carbocycles. The first-order valence-electron chi connectivity index (χ1n) is 3.92. The van der Waals surface area contributed by atoms with E-state index >= 15 is 0 Å². The van der Waals surface area contributed by atoms with E-state index in [0.29, 0.717) is 0 Å². The zero-order chi connectivity index (χ0) is 10.7. The summed E-state index contributed by atoms with van der Waals surface area (Å²) in [6, 6.07) is 2.11. The first-order valence-corrected chi connectivity index (χ1v) is 4.29. The van der Waals surface area contributed by atoms with Gasteiger partial charge in [0.05, 0.1) is 12.2 Å². The van der Waals surface area contributed by atoms with Gasteiger partial charge in [0.15, 0.2) is 11.6 Å². The molecule has 5 heteroatoms. The van der Waals surface area contributed by atoms with Gasteiger partial charge in [-0.25, -0.2) is 9.18 Å². The molecule has 0 saturated heterocycles. The van der Waals surface area contributed by atoms with Crippen LogP contribution in [0.4, 0.5) is 4.39 Å². The number of aromatic carboxylic acids is 1. The summed E-state index contributed by atoms with van der Waals surface area (Å²) in [5, 5.41) is 8.48. The predicted octanol–water partition coefficient (Wildman–Crippen LogP) is 2.58. The molecule has 0 amide bonds. The molecule has 1 N–H and O–H groups in total. The van der Waals surface area contributed by atoms with E-state index in [4.69, 9.17) is 21.4 Å². The molecule has 0 heterocycles. The van der Waals surface area contributed by atoms with Crippen molar-refractivity contribution in [2.45, 2.75) is 6.92 Å². The van der Waals surface area contributed by atoms with E-state index in [2.05, 4.69) is 0 Å². The summed E-state index contributed by atoms with van der Waals surface area (Å²) in [4.78, 5) is 10.6. The largest absolute Gasteiger partial charge is 0.489 e. The fourth-order valence-corrected chi connectivity index (χ4v) is 1.26. The molecule has 14 heavy (non-hydrogen) atoms. The van der Waals surface area contributed by atoms with E-state index in [1.807, 2.05) is 0 Å². The average Bonchev–Trinajstić information content (AvgIpc) is 2.11. The molecule has 0 unspecified atom stereocenters. The van der Waals surface area contributed by atoms with Crippen LogP contribution in [0.25, 0.3) is 0 Å². The summed E-state index contributed by atoms with van der Waals surface area (Å²) in [7, 11) is 0. The molecule has 76 valence electrons. The Bertz CT molecular complexity index is 365. The highest BCUT2D eigenvalue weighted by Gasteiger charge is 2.16. The van der Waals surface area contributed by atoms with E-state index in [-0.39, 0.29) is 22.9 Å². The van der Waals surface area contributed by atoms with Gasteiger partial charge in [-0.2, -0.15) is 0 Å². The molecule has 0 aliphatic heterocycles. The average molecular weight is 219 g/mol. The Labute approximate surface area is 85.1 Å². The van der Waals surface area contributed by atoms with Gasteiger partial charge in [0.25, 0.3) is 0 Å². The number of carboxylic acids is 1. The third kappa shape index (κ3) is 1.96. The Morgan fingerprint density at radius 1 is 1.64 bits per heavy atom. The van der Waals surface area contributed by atoms with Crippen LogP contribution in [0.5, 0.6) is 5.75 Å². The van der Waals surface area contributed by atoms with Gasteiger partial charge >= 0.3 is 5.97 Å². The van der Waals surface area contributed by atoms with Crippen molar-refractivity contribution in [3.63, 3.8) is 0 Å². The zero-order valence-corrected chi connectivity index (χ0v) is 8.14. The van der Waals surface area contributed by atoms with Gasteiger partial charge in [0.1, 0.15) is 5.02 Å². The molecular formula is C9H8ClFO3. The Hall–Kier alpha value is -1.29. The highest BCUT2D eigenvalue weighted by Crippen LogP contribution is 2.31. The van der Waals surface area contributed by atoms with Crippen LogP contribution in [0.2, 0.25) is 5.02 Å². The van der Waals surface area contributed by atoms with Crippen molar-refractivity contribution in [1.29, 1.82) is 0 Å². The second kappa shape index (κ2) is 4.28. The first-order chi connectivity index (χ1) is 6.57. The highest BCUT2D eigenvalue weighted by atomic mass is 35.5. The summed E-state index contributed by atoms with van der Waals surface area (Å²) >= 11 is 5.64. The summed E-state index contributed by atoms with van der Waals surface area (Å²) in [5.74, 6) is -2.09. The number of hydrogen-bond acceptors (Lipinski definition) is 2. The van der Waals surface area contributed by atoms with E-state index in [9.17, 15) is 9.18 Å². The van der Waals surface area contributed by atoms with Crippen molar-refractivity contribution in [1.82, 2.24) is 0 Å². The molecule has 0 aliphatic carbocycles. The Balaban J connectivity index is 3.26. The Morgan fingerprint density at radius 3 is 2.79 bits per heavy atom. The van der Waals surface area contributed by atoms with Gasteiger partial charge in [-0.15, -0.1) is 0 Å². The zero-order valence-electron chi connectivity index (χ0n) is 7.38. The third-order valence-electron chi connectivity index (χ3n) is 1.57. The van der Waals surface area contributed by atoms with Crippen LogP contribution in [0.1, 0.15) is 17.3 Å². The highest BCUT2D eigenvalue weighted by molar-refractivity contribution is 6.35. The molecule has 0 atom stereocenters. The molecule has 1 rings (SSSR count). The molecule has 3 nitrogen and oxygen atoms in total. The van der Waals surface area contributed by atoms with E-state index < -0.39 is 11.8 Å². The number of carbonyl (C=O) groups is 1. The SMILES string of the molecule is CCOc1c(F)ccc(C(=O)O)c1Cl. The van der Waals surface area contributed by atoms with Crippen molar-refractivity contribution in [3.05, 3.63) is 28.5 Å². The molecule has 0 aliphatic rings. The number of hydrogen-bond donors (Lipinski definition) is 1. The number of rotatable bonds is 3. The lowest BCUT2D eigenvalue weighted by atomic mass is 10.2. The molecule has 0 bridgehead atoms. The molecule has 0 radical (unpaired) electrons. The van der Waals surface area contributed by atoms with Gasteiger partial charge < -0.3 is 9.84 Å². The molecule has 1 aromatic rings. The van der Waals surface area contributed by atoms with Gasteiger partial charge in [-0.3, -0.25) is 0 Å². The summed E-state index contributed by atoms with van der Waals surface area (Å²) < 4.78 is 18.0. The minimum Gasteiger partial charge on any atom is -0.489 e. The normalized spacial score (nSPS) is 9.93. The van der Waals surface area contributed by atoms with Crippen LogP contribution in [-0.2, 0) is 0 Å².